The van der Waals surface area contributed by atoms with Gasteiger partial charge in [-0.3, -0.25) is 4.79 Å². The highest BCUT2D eigenvalue weighted by Gasteiger charge is 2.37. The molecule has 0 unspecified atom stereocenters. The summed E-state index contributed by atoms with van der Waals surface area (Å²) in [5.74, 6) is 0.383. The van der Waals surface area contributed by atoms with Crippen LogP contribution in [0.4, 0.5) is 5.69 Å². The summed E-state index contributed by atoms with van der Waals surface area (Å²) < 4.78 is 5.25. The molecule has 1 aliphatic rings. The number of benzene rings is 1. The third-order valence-electron chi connectivity index (χ3n) is 4.00. The number of piperazine rings is 1. The first kappa shape index (κ1) is 13.7. The van der Waals surface area contributed by atoms with E-state index in [4.69, 9.17) is 4.42 Å². The predicted molar refractivity (Wildman–Crippen MR) is 82.5 cm³/mol. The Bertz CT molecular complexity index is 605. The largest absolute Gasteiger partial charge is 0.459 e. The van der Waals surface area contributed by atoms with Gasteiger partial charge in [-0.05, 0) is 38.1 Å². The molecule has 21 heavy (non-hydrogen) atoms. The van der Waals surface area contributed by atoms with Gasteiger partial charge in [-0.25, -0.2) is 0 Å². The first-order valence-electron chi connectivity index (χ1n) is 7.23. The molecule has 2 aromatic rings. The van der Waals surface area contributed by atoms with E-state index < -0.39 is 0 Å². The predicted octanol–water partition coefficient (Wildman–Crippen LogP) is 3.02. The van der Waals surface area contributed by atoms with Crippen LogP contribution in [0.5, 0.6) is 0 Å². The standard InChI is InChI=1S/C17H20N2O2/c1-17(2)13-18(14-7-4-3-5-8-14)10-11-19(17)16(20)15-9-6-12-21-15/h3-9,12H,10-11,13H2,1-2H3. The second kappa shape index (κ2) is 5.28. The van der Waals surface area contributed by atoms with Crippen molar-refractivity contribution in [1.29, 1.82) is 0 Å². The number of para-hydroxylation sites is 1. The molecule has 0 saturated carbocycles. The molecule has 0 atom stereocenters. The monoisotopic (exact) mass is 284 g/mol. The summed E-state index contributed by atoms with van der Waals surface area (Å²) in [6, 6.07) is 13.8. The van der Waals surface area contributed by atoms with Crippen molar-refractivity contribution in [3.8, 4) is 0 Å². The maximum Gasteiger partial charge on any atom is 0.290 e. The Morgan fingerprint density at radius 1 is 1.10 bits per heavy atom. The fourth-order valence-electron chi connectivity index (χ4n) is 2.92. The normalized spacial score (nSPS) is 17.8. The Morgan fingerprint density at radius 3 is 2.48 bits per heavy atom. The molecule has 1 aliphatic heterocycles. The van der Waals surface area contributed by atoms with Crippen molar-refractivity contribution < 1.29 is 9.21 Å². The van der Waals surface area contributed by atoms with Gasteiger partial charge in [0, 0.05) is 25.3 Å². The topological polar surface area (TPSA) is 36.7 Å². The SMILES string of the molecule is CC1(C)CN(c2ccccc2)CCN1C(=O)c1ccco1. The van der Waals surface area contributed by atoms with E-state index in [1.807, 2.05) is 23.1 Å². The molecule has 2 heterocycles. The number of anilines is 1. The van der Waals surface area contributed by atoms with Gasteiger partial charge in [0.1, 0.15) is 0 Å². The summed E-state index contributed by atoms with van der Waals surface area (Å²) in [6.45, 7) is 6.54. The molecular formula is C17H20N2O2. The Labute approximate surface area is 125 Å². The third kappa shape index (κ3) is 2.66. The van der Waals surface area contributed by atoms with Crippen molar-refractivity contribution in [2.75, 3.05) is 24.5 Å². The number of furan rings is 1. The van der Waals surface area contributed by atoms with E-state index in [2.05, 4.69) is 30.9 Å². The van der Waals surface area contributed by atoms with E-state index in [-0.39, 0.29) is 11.4 Å². The summed E-state index contributed by atoms with van der Waals surface area (Å²) in [6.07, 6.45) is 1.54. The minimum Gasteiger partial charge on any atom is -0.459 e. The van der Waals surface area contributed by atoms with E-state index in [0.717, 1.165) is 13.1 Å². The summed E-state index contributed by atoms with van der Waals surface area (Å²) in [5.41, 5.74) is 0.966. The molecule has 1 saturated heterocycles. The number of rotatable bonds is 2. The third-order valence-corrected chi connectivity index (χ3v) is 4.00. The molecule has 0 aliphatic carbocycles. The lowest BCUT2D eigenvalue weighted by Gasteiger charge is -2.47. The number of carbonyl (C=O) groups excluding carboxylic acids is 1. The zero-order valence-electron chi connectivity index (χ0n) is 12.5. The smallest absolute Gasteiger partial charge is 0.290 e. The van der Waals surface area contributed by atoms with E-state index in [1.165, 1.54) is 5.69 Å². The van der Waals surface area contributed by atoms with Gasteiger partial charge >= 0.3 is 0 Å². The number of carbonyl (C=O) groups is 1. The van der Waals surface area contributed by atoms with Crippen LogP contribution in [0.1, 0.15) is 24.4 Å². The van der Waals surface area contributed by atoms with Crippen molar-refractivity contribution in [3.05, 3.63) is 54.5 Å². The Balaban J connectivity index is 1.78. The number of nitrogens with zero attached hydrogens (tertiary/aromatic N) is 2. The summed E-state index contributed by atoms with van der Waals surface area (Å²) in [7, 11) is 0. The van der Waals surface area contributed by atoms with Gasteiger partial charge in [-0.1, -0.05) is 18.2 Å². The fraction of sp³-hybridized carbons (Fsp3) is 0.353. The van der Waals surface area contributed by atoms with Gasteiger partial charge in [0.25, 0.3) is 5.91 Å². The van der Waals surface area contributed by atoms with Gasteiger partial charge in [0.05, 0.1) is 11.8 Å². The van der Waals surface area contributed by atoms with Crippen LogP contribution in [0.2, 0.25) is 0 Å². The molecule has 4 heteroatoms. The van der Waals surface area contributed by atoms with Gasteiger partial charge in [-0.15, -0.1) is 0 Å². The van der Waals surface area contributed by atoms with Crippen LogP contribution >= 0.6 is 0 Å². The average Bonchev–Trinajstić information content (AvgIpc) is 3.01. The molecule has 1 fully saturated rings. The van der Waals surface area contributed by atoms with Crippen molar-refractivity contribution in [3.63, 3.8) is 0 Å². The average molecular weight is 284 g/mol. The van der Waals surface area contributed by atoms with Crippen LogP contribution in [-0.4, -0.2) is 36.0 Å². The molecule has 4 nitrogen and oxygen atoms in total. The minimum atomic E-state index is -0.238. The summed E-state index contributed by atoms with van der Waals surface area (Å²) >= 11 is 0. The van der Waals surface area contributed by atoms with Crippen LogP contribution in [0.15, 0.2) is 53.1 Å². The molecule has 0 N–H and O–H groups in total. The molecule has 110 valence electrons. The van der Waals surface area contributed by atoms with Gasteiger partial charge in [0.15, 0.2) is 5.76 Å². The first-order valence-corrected chi connectivity index (χ1v) is 7.23. The van der Waals surface area contributed by atoms with Crippen LogP contribution in [0.3, 0.4) is 0 Å². The quantitative estimate of drug-likeness (QED) is 0.850. The molecule has 1 aromatic carbocycles. The Kier molecular flexibility index (Phi) is 3.45. The van der Waals surface area contributed by atoms with Crippen LogP contribution in [0.25, 0.3) is 0 Å². The van der Waals surface area contributed by atoms with Crippen LogP contribution < -0.4 is 4.90 Å². The zero-order valence-corrected chi connectivity index (χ0v) is 12.5. The zero-order chi connectivity index (χ0) is 14.9. The van der Waals surface area contributed by atoms with Crippen LogP contribution in [0, 0.1) is 0 Å². The highest BCUT2D eigenvalue weighted by atomic mass is 16.3. The van der Waals surface area contributed by atoms with Crippen molar-refractivity contribution in [1.82, 2.24) is 4.90 Å². The summed E-state index contributed by atoms with van der Waals surface area (Å²) in [4.78, 5) is 16.8. The van der Waals surface area contributed by atoms with Gasteiger partial charge in [-0.2, -0.15) is 0 Å². The van der Waals surface area contributed by atoms with Crippen molar-refractivity contribution in [2.45, 2.75) is 19.4 Å². The second-order valence-corrected chi connectivity index (χ2v) is 6.00. The maximum atomic E-state index is 12.5. The number of hydrogen-bond acceptors (Lipinski definition) is 3. The van der Waals surface area contributed by atoms with E-state index in [0.29, 0.717) is 12.3 Å². The lowest BCUT2D eigenvalue weighted by molar-refractivity contribution is 0.0482. The highest BCUT2D eigenvalue weighted by molar-refractivity contribution is 5.92. The minimum absolute atomic E-state index is 0.0299. The molecule has 0 spiro atoms. The lowest BCUT2D eigenvalue weighted by Crippen LogP contribution is -2.61. The maximum absolute atomic E-state index is 12.5. The molecule has 0 bridgehead atoms. The fourth-order valence-corrected chi connectivity index (χ4v) is 2.92. The lowest BCUT2D eigenvalue weighted by atomic mass is 9.97. The molecule has 1 aromatic heterocycles. The van der Waals surface area contributed by atoms with Gasteiger partial charge in [0.2, 0.25) is 0 Å². The Hall–Kier alpha value is -2.23. The van der Waals surface area contributed by atoms with Crippen molar-refractivity contribution >= 4 is 11.6 Å². The van der Waals surface area contributed by atoms with Crippen molar-refractivity contribution in [2.24, 2.45) is 0 Å². The molecule has 1 amide bonds. The highest BCUT2D eigenvalue weighted by Crippen LogP contribution is 2.27. The molecular weight excluding hydrogens is 264 g/mol. The van der Waals surface area contributed by atoms with Gasteiger partial charge < -0.3 is 14.2 Å². The van der Waals surface area contributed by atoms with E-state index in [1.54, 1.807) is 18.4 Å². The van der Waals surface area contributed by atoms with E-state index >= 15 is 0 Å². The number of amides is 1. The first-order chi connectivity index (χ1) is 10.1. The molecule has 0 radical (unpaired) electrons. The van der Waals surface area contributed by atoms with Crippen LogP contribution in [-0.2, 0) is 0 Å². The molecule has 3 rings (SSSR count). The van der Waals surface area contributed by atoms with E-state index in [9.17, 15) is 4.79 Å². The Morgan fingerprint density at radius 2 is 1.86 bits per heavy atom. The second-order valence-electron chi connectivity index (χ2n) is 6.00. The summed E-state index contributed by atoms with van der Waals surface area (Å²) in [5, 5.41) is 0. The number of hydrogen-bond donors (Lipinski definition) is 0.